The van der Waals surface area contributed by atoms with Crippen LogP contribution in [-0.4, -0.2) is 62.0 Å². The first-order chi connectivity index (χ1) is 25.3. The number of aromatic carboxylic acids is 1. The molecule has 0 aromatic carbocycles. The Hall–Kier alpha value is -3.22. The van der Waals surface area contributed by atoms with E-state index in [9.17, 15) is 14.4 Å². The lowest BCUT2D eigenvalue weighted by molar-refractivity contribution is 0.0592. The summed E-state index contributed by atoms with van der Waals surface area (Å²) in [6.45, 7) is 13.3. The molecule has 0 bridgehead atoms. The second-order valence-electron chi connectivity index (χ2n) is 10.7. The van der Waals surface area contributed by atoms with E-state index in [4.69, 9.17) is 5.11 Å². The van der Waals surface area contributed by atoms with Gasteiger partial charge in [-0.3, -0.25) is 9.78 Å². The van der Waals surface area contributed by atoms with E-state index in [1.54, 1.807) is 50.0 Å². The fraction of sp³-hybridized carbons (Fsp3) is 0.189. The van der Waals surface area contributed by atoms with Crippen molar-refractivity contribution in [3.63, 3.8) is 0 Å². The number of carbonyl (C=O) groups is 3. The van der Waals surface area contributed by atoms with Crippen molar-refractivity contribution in [2.24, 2.45) is 0 Å². The molecule has 54 heavy (non-hydrogen) atoms. The zero-order chi connectivity index (χ0) is 41.1. The molecule has 0 spiro atoms. The Labute approximate surface area is 365 Å². The van der Waals surface area contributed by atoms with Crippen LogP contribution in [0, 0.1) is 34.6 Å². The SMILES string of the molecule is C=Cc1cc(C)c(Br)cn1.CNC(=O)c1cc(C)c(Br)cn1.COC(=O)c1cc(C)c(Br)cn1.Cc1cc(Br)ncc1Br.Cc1cc(C(=O)O)ncc1Br. The lowest BCUT2D eigenvalue weighted by atomic mass is 10.2. The van der Waals surface area contributed by atoms with E-state index in [-0.39, 0.29) is 11.6 Å². The van der Waals surface area contributed by atoms with Crippen LogP contribution in [0.25, 0.3) is 6.08 Å². The number of hydrogen-bond donors (Lipinski definition) is 2. The lowest BCUT2D eigenvalue weighted by Crippen LogP contribution is -2.19. The third-order valence-corrected chi connectivity index (χ3v) is 11.1. The summed E-state index contributed by atoms with van der Waals surface area (Å²) in [5.41, 5.74) is 6.98. The predicted molar refractivity (Wildman–Crippen MR) is 233 cm³/mol. The molecule has 0 aliphatic rings. The van der Waals surface area contributed by atoms with Gasteiger partial charge in [-0.2, -0.15) is 0 Å². The maximum Gasteiger partial charge on any atom is 0.356 e. The summed E-state index contributed by atoms with van der Waals surface area (Å²) in [4.78, 5) is 52.1. The molecule has 0 aliphatic carbocycles. The molecule has 17 heteroatoms. The summed E-state index contributed by atoms with van der Waals surface area (Å²) in [5, 5.41) is 11.0. The van der Waals surface area contributed by atoms with Gasteiger partial charge in [-0.15, -0.1) is 0 Å². The van der Waals surface area contributed by atoms with E-state index < -0.39 is 11.9 Å². The van der Waals surface area contributed by atoms with E-state index in [0.717, 1.165) is 49.4 Å². The van der Waals surface area contributed by atoms with Crippen molar-refractivity contribution >= 4 is 120 Å². The number of carboxylic acids is 1. The Balaban J connectivity index is 0.000000339. The van der Waals surface area contributed by atoms with Gasteiger partial charge in [-0.25, -0.2) is 29.5 Å². The van der Waals surface area contributed by atoms with Crippen LogP contribution < -0.4 is 5.32 Å². The van der Waals surface area contributed by atoms with Gasteiger partial charge in [-0.1, -0.05) is 6.58 Å². The predicted octanol–water partition coefficient (Wildman–Crippen LogP) is 11.0. The van der Waals surface area contributed by atoms with Crippen molar-refractivity contribution in [2.45, 2.75) is 34.6 Å². The van der Waals surface area contributed by atoms with Gasteiger partial charge >= 0.3 is 11.9 Å². The highest BCUT2D eigenvalue weighted by Gasteiger charge is 2.08. The Morgan fingerprint density at radius 2 is 0.981 bits per heavy atom. The number of carbonyl (C=O) groups excluding carboxylic acids is 2. The summed E-state index contributed by atoms with van der Waals surface area (Å²) in [6.07, 6.45) is 9.99. The van der Waals surface area contributed by atoms with E-state index in [1.807, 2.05) is 46.8 Å². The average molecular weight is 1120 g/mol. The molecule has 5 rings (SSSR count). The van der Waals surface area contributed by atoms with Crippen LogP contribution in [0.4, 0.5) is 0 Å². The van der Waals surface area contributed by atoms with Crippen LogP contribution in [0.2, 0.25) is 0 Å². The fourth-order valence-corrected chi connectivity index (χ4v) is 4.91. The molecule has 1 amide bonds. The molecule has 0 aliphatic heterocycles. The number of pyridine rings is 5. The first kappa shape index (κ1) is 48.8. The van der Waals surface area contributed by atoms with Crippen molar-refractivity contribution in [3.05, 3.63) is 145 Å². The number of aryl methyl sites for hydroxylation is 5. The minimum absolute atomic E-state index is 0.0747. The maximum atomic E-state index is 11.1. The van der Waals surface area contributed by atoms with Gasteiger partial charge in [0, 0.05) is 60.4 Å². The molecular formula is C37H36Br6N6O5. The number of halogens is 6. The number of hydrogen-bond acceptors (Lipinski definition) is 9. The van der Waals surface area contributed by atoms with Crippen LogP contribution >= 0.6 is 95.6 Å². The molecule has 0 saturated heterocycles. The van der Waals surface area contributed by atoms with Crippen molar-refractivity contribution < 1.29 is 24.2 Å². The fourth-order valence-electron chi connectivity index (χ4n) is 3.38. The number of rotatable bonds is 4. The van der Waals surface area contributed by atoms with Crippen molar-refractivity contribution in [3.8, 4) is 0 Å². The van der Waals surface area contributed by atoms with Gasteiger partial charge < -0.3 is 15.2 Å². The lowest BCUT2D eigenvalue weighted by Gasteiger charge is -2.00. The minimum Gasteiger partial charge on any atom is -0.477 e. The molecule has 0 unspecified atom stereocenters. The topological polar surface area (TPSA) is 157 Å². The van der Waals surface area contributed by atoms with Crippen LogP contribution in [0.15, 0.2) is 94.9 Å². The van der Waals surface area contributed by atoms with Crippen molar-refractivity contribution in [1.29, 1.82) is 0 Å². The summed E-state index contributed by atoms with van der Waals surface area (Å²) >= 11 is 19.8. The molecule has 2 N–H and O–H groups in total. The molecule has 5 aromatic rings. The van der Waals surface area contributed by atoms with Gasteiger partial charge in [0.15, 0.2) is 0 Å². The molecule has 0 saturated carbocycles. The van der Waals surface area contributed by atoms with Crippen LogP contribution in [0.5, 0.6) is 0 Å². The van der Waals surface area contributed by atoms with Crippen molar-refractivity contribution in [1.82, 2.24) is 30.2 Å². The molecule has 0 radical (unpaired) electrons. The molecule has 5 aromatic heterocycles. The van der Waals surface area contributed by atoms with Crippen molar-refractivity contribution in [2.75, 3.05) is 14.2 Å². The zero-order valence-corrected chi connectivity index (χ0v) is 39.7. The molecule has 0 fully saturated rings. The first-order valence-electron chi connectivity index (χ1n) is 15.3. The summed E-state index contributed by atoms with van der Waals surface area (Å²) < 4.78 is 10.1. The number of amides is 1. The highest BCUT2D eigenvalue weighted by Crippen LogP contribution is 2.18. The zero-order valence-electron chi connectivity index (χ0n) is 30.1. The molecule has 11 nitrogen and oxygen atoms in total. The van der Waals surface area contributed by atoms with E-state index in [2.05, 4.69) is 137 Å². The second kappa shape index (κ2) is 25.0. The number of methoxy groups -OCH3 is 1. The summed E-state index contributed by atoms with van der Waals surface area (Å²) in [7, 11) is 2.92. The van der Waals surface area contributed by atoms with Crippen LogP contribution in [-0.2, 0) is 4.74 Å². The number of esters is 1. The molecule has 0 atom stereocenters. The summed E-state index contributed by atoms with van der Waals surface area (Å²) in [6, 6.07) is 8.88. The maximum absolute atomic E-state index is 11.1. The Bertz CT molecular complexity index is 2020. The average Bonchev–Trinajstić information content (AvgIpc) is 3.14. The standard InChI is InChI=1S/C8H9BrN2O.C8H8BrNO2.C8H8BrN.C7H6BrNO2.C6H5Br2N/c1-5-3-7(8(12)10-2)11-4-6(5)9;1-5-3-7(8(11)12-2)10-4-6(5)9;1-3-7-4-6(2)8(9)5-10-7;1-4-2-6(7(10)11)9-3-5(4)8;1-4-2-6(8)9-3-5(4)7/h3-4H,1-2H3,(H,10,12);3-4H,1-2H3;3-5H,1H2,2H3;2-3H,1H3,(H,10,11);2-3H,1H3. The number of nitrogens with one attached hydrogen (secondary N) is 1. The monoisotopic (exact) mass is 1120 g/mol. The van der Waals surface area contributed by atoms with Gasteiger partial charge in [0.1, 0.15) is 21.7 Å². The van der Waals surface area contributed by atoms with E-state index >= 15 is 0 Å². The number of nitrogens with zero attached hydrogens (tertiary/aromatic N) is 5. The van der Waals surface area contributed by atoms with Crippen LogP contribution in [0.1, 0.15) is 65.0 Å². The van der Waals surface area contributed by atoms with E-state index in [1.165, 1.54) is 30.5 Å². The smallest absolute Gasteiger partial charge is 0.356 e. The van der Waals surface area contributed by atoms with Gasteiger partial charge in [-0.05, 0) is 194 Å². The molecule has 5 heterocycles. The first-order valence-corrected chi connectivity index (χ1v) is 20.0. The normalized spacial score (nSPS) is 9.57. The van der Waals surface area contributed by atoms with Crippen LogP contribution in [0.3, 0.4) is 0 Å². The third kappa shape index (κ3) is 17.5. The van der Waals surface area contributed by atoms with Gasteiger partial charge in [0.05, 0.1) is 12.8 Å². The van der Waals surface area contributed by atoms with Gasteiger partial charge in [0.25, 0.3) is 5.91 Å². The molecule has 286 valence electrons. The number of ether oxygens (including phenoxy) is 1. The number of carboxylic acid groups (broad SMARTS) is 1. The minimum atomic E-state index is -0.999. The second-order valence-corrected chi connectivity index (χ2v) is 15.7. The third-order valence-electron chi connectivity index (χ3n) is 6.50. The quantitative estimate of drug-likeness (QED) is 0.131. The Morgan fingerprint density at radius 3 is 1.35 bits per heavy atom. The highest BCUT2D eigenvalue weighted by molar-refractivity contribution is 9.11. The van der Waals surface area contributed by atoms with E-state index in [0.29, 0.717) is 11.4 Å². The highest BCUT2D eigenvalue weighted by atomic mass is 79.9. The summed E-state index contributed by atoms with van der Waals surface area (Å²) in [5.74, 6) is -1.57. The Kier molecular flexibility index (Phi) is 22.6. The van der Waals surface area contributed by atoms with Gasteiger partial charge in [0.2, 0.25) is 0 Å². The molecular weight excluding hydrogens is 1090 g/mol. The number of aromatic nitrogens is 5. The Morgan fingerprint density at radius 1 is 0.611 bits per heavy atom. The largest absolute Gasteiger partial charge is 0.477 e.